The molecule has 1 aromatic rings. The van der Waals surface area contributed by atoms with Crippen LogP contribution >= 0.6 is 0 Å². The largest absolute Gasteiger partial charge is 0.493 e. The van der Waals surface area contributed by atoms with Crippen molar-refractivity contribution in [2.45, 2.75) is 26.3 Å². The van der Waals surface area contributed by atoms with E-state index in [2.05, 4.69) is 5.10 Å². The Bertz CT molecular complexity index is 657. The van der Waals surface area contributed by atoms with Crippen LogP contribution in [0.2, 0.25) is 0 Å². The Morgan fingerprint density at radius 1 is 1.25 bits per heavy atom. The molecule has 2 amide bonds. The molecule has 7 nitrogen and oxygen atoms in total. The average Bonchev–Trinajstić information content (AvgIpc) is 2.61. The molecule has 1 aliphatic rings. The molecule has 0 radical (unpaired) electrons. The highest BCUT2D eigenvalue weighted by molar-refractivity contribution is 6.39. The summed E-state index contributed by atoms with van der Waals surface area (Å²) in [6.45, 7) is 2.90. The Morgan fingerprint density at radius 3 is 2.54 bits per heavy atom. The normalized spacial score (nSPS) is 14.2. The SMILES string of the molecule is CCN(Cc1ccc(OC)c(OC)c1)C(=O)C1=NN(C)C(=O)CC1. The molecule has 2 rings (SSSR count). The molecule has 1 aliphatic heterocycles. The summed E-state index contributed by atoms with van der Waals surface area (Å²) in [5, 5.41) is 5.34. The van der Waals surface area contributed by atoms with Crippen molar-refractivity contribution in [2.24, 2.45) is 5.10 Å². The summed E-state index contributed by atoms with van der Waals surface area (Å²) >= 11 is 0. The lowest BCUT2D eigenvalue weighted by molar-refractivity contribution is -0.130. The van der Waals surface area contributed by atoms with Gasteiger partial charge in [0, 0.05) is 33.0 Å². The number of methoxy groups -OCH3 is 2. The van der Waals surface area contributed by atoms with Crippen molar-refractivity contribution in [2.75, 3.05) is 27.8 Å². The number of hydrogen-bond donors (Lipinski definition) is 0. The summed E-state index contributed by atoms with van der Waals surface area (Å²) in [6, 6.07) is 5.57. The average molecular weight is 333 g/mol. The zero-order valence-corrected chi connectivity index (χ0v) is 14.5. The van der Waals surface area contributed by atoms with Crippen LogP contribution in [0.15, 0.2) is 23.3 Å². The van der Waals surface area contributed by atoms with E-state index in [4.69, 9.17) is 9.47 Å². The Kier molecular flexibility index (Phi) is 5.78. The van der Waals surface area contributed by atoms with Gasteiger partial charge >= 0.3 is 0 Å². The molecule has 24 heavy (non-hydrogen) atoms. The van der Waals surface area contributed by atoms with Gasteiger partial charge in [0.2, 0.25) is 5.91 Å². The molecule has 130 valence electrons. The smallest absolute Gasteiger partial charge is 0.270 e. The van der Waals surface area contributed by atoms with Gasteiger partial charge in [-0.2, -0.15) is 5.10 Å². The van der Waals surface area contributed by atoms with Gasteiger partial charge < -0.3 is 14.4 Å². The highest BCUT2D eigenvalue weighted by Gasteiger charge is 2.25. The third kappa shape index (κ3) is 3.84. The number of carbonyl (C=O) groups excluding carboxylic acids is 2. The van der Waals surface area contributed by atoms with E-state index in [1.54, 1.807) is 26.2 Å². The summed E-state index contributed by atoms with van der Waals surface area (Å²) in [6.07, 6.45) is 0.694. The zero-order valence-electron chi connectivity index (χ0n) is 14.5. The minimum atomic E-state index is -0.147. The number of ether oxygens (including phenoxy) is 2. The van der Waals surface area contributed by atoms with E-state index in [0.29, 0.717) is 43.1 Å². The maximum atomic E-state index is 12.7. The summed E-state index contributed by atoms with van der Waals surface area (Å²) in [5.74, 6) is 1.05. The van der Waals surface area contributed by atoms with E-state index >= 15 is 0 Å². The number of rotatable bonds is 6. The van der Waals surface area contributed by atoms with Gasteiger partial charge in [-0.15, -0.1) is 0 Å². The highest BCUT2D eigenvalue weighted by atomic mass is 16.5. The van der Waals surface area contributed by atoms with Crippen molar-refractivity contribution in [1.29, 1.82) is 0 Å². The molecular weight excluding hydrogens is 310 g/mol. The topological polar surface area (TPSA) is 71.4 Å². The summed E-state index contributed by atoms with van der Waals surface area (Å²) in [4.78, 5) is 25.9. The van der Waals surface area contributed by atoms with E-state index in [1.165, 1.54) is 5.01 Å². The van der Waals surface area contributed by atoms with E-state index < -0.39 is 0 Å². The summed E-state index contributed by atoms with van der Waals surface area (Å²) < 4.78 is 10.5. The first kappa shape index (κ1) is 17.8. The fraction of sp³-hybridized carbons (Fsp3) is 0.471. The molecule has 0 unspecified atom stereocenters. The second kappa shape index (κ2) is 7.81. The molecule has 0 fully saturated rings. The fourth-order valence-corrected chi connectivity index (χ4v) is 2.53. The molecule has 0 atom stereocenters. The number of hydrazone groups is 1. The quantitative estimate of drug-likeness (QED) is 0.794. The van der Waals surface area contributed by atoms with Gasteiger partial charge in [0.05, 0.1) is 14.2 Å². The molecule has 0 bridgehead atoms. The molecule has 0 aromatic heterocycles. The first-order valence-electron chi connectivity index (χ1n) is 7.84. The monoisotopic (exact) mass is 333 g/mol. The molecule has 7 heteroatoms. The summed E-state index contributed by atoms with van der Waals surface area (Å²) in [7, 11) is 4.73. The lowest BCUT2D eigenvalue weighted by atomic mass is 10.1. The van der Waals surface area contributed by atoms with Gasteiger partial charge in [-0.3, -0.25) is 9.59 Å². The van der Waals surface area contributed by atoms with Crippen LogP contribution in [-0.2, 0) is 16.1 Å². The Hall–Kier alpha value is -2.57. The van der Waals surface area contributed by atoms with Gasteiger partial charge in [0.1, 0.15) is 5.71 Å². The third-order valence-corrected chi connectivity index (χ3v) is 3.94. The van der Waals surface area contributed by atoms with Crippen molar-refractivity contribution in [1.82, 2.24) is 9.91 Å². The molecule has 0 aliphatic carbocycles. The van der Waals surface area contributed by atoms with E-state index in [9.17, 15) is 9.59 Å². The van der Waals surface area contributed by atoms with E-state index in [0.717, 1.165) is 5.56 Å². The van der Waals surface area contributed by atoms with Crippen molar-refractivity contribution >= 4 is 17.5 Å². The van der Waals surface area contributed by atoms with Gasteiger partial charge in [-0.1, -0.05) is 6.07 Å². The molecule has 0 spiro atoms. The molecular formula is C17H23N3O4. The Balaban J connectivity index is 2.16. The predicted molar refractivity (Wildman–Crippen MR) is 90.1 cm³/mol. The van der Waals surface area contributed by atoms with Crippen molar-refractivity contribution < 1.29 is 19.1 Å². The number of nitrogens with zero attached hydrogens (tertiary/aromatic N) is 3. The van der Waals surface area contributed by atoms with E-state index in [1.807, 2.05) is 25.1 Å². The standard InChI is InChI=1S/C17H23N3O4/c1-5-20(17(22)13-7-9-16(21)19(2)18-13)11-12-6-8-14(23-3)15(10-12)24-4/h6,8,10H,5,7,9,11H2,1-4H3. The fourth-order valence-electron chi connectivity index (χ4n) is 2.53. The number of carbonyl (C=O) groups is 2. The number of benzene rings is 1. The van der Waals surface area contributed by atoms with Crippen molar-refractivity contribution in [3.8, 4) is 11.5 Å². The second-order valence-corrected chi connectivity index (χ2v) is 5.47. The molecule has 1 heterocycles. The van der Waals surface area contributed by atoms with Crippen LogP contribution in [0.3, 0.4) is 0 Å². The third-order valence-electron chi connectivity index (χ3n) is 3.94. The van der Waals surface area contributed by atoms with Gasteiger partial charge in [-0.05, 0) is 24.6 Å². The van der Waals surface area contributed by atoms with Gasteiger partial charge in [-0.25, -0.2) is 5.01 Å². The predicted octanol–water partition coefficient (Wildman–Crippen LogP) is 1.66. The lowest BCUT2D eigenvalue weighted by Gasteiger charge is -2.25. The maximum absolute atomic E-state index is 12.7. The molecule has 0 N–H and O–H groups in total. The van der Waals surface area contributed by atoms with Crippen LogP contribution in [0.4, 0.5) is 0 Å². The second-order valence-electron chi connectivity index (χ2n) is 5.47. The molecule has 0 saturated heterocycles. The van der Waals surface area contributed by atoms with Crippen LogP contribution in [0, 0.1) is 0 Å². The van der Waals surface area contributed by atoms with Crippen LogP contribution in [0.5, 0.6) is 11.5 Å². The zero-order chi connectivity index (χ0) is 17.7. The van der Waals surface area contributed by atoms with Crippen LogP contribution in [-0.4, -0.2) is 55.2 Å². The highest BCUT2D eigenvalue weighted by Crippen LogP contribution is 2.28. The van der Waals surface area contributed by atoms with Crippen LogP contribution in [0.1, 0.15) is 25.3 Å². The van der Waals surface area contributed by atoms with E-state index in [-0.39, 0.29) is 11.8 Å². The number of amides is 2. The van der Waals surface area contributed by atoms with Crippen molar-refractivity contribution in [3.05, 3.63) is 23.8 Å². The van der Waals surface area contributed by atoms with Crippen molar-refractivity contribution in [3.63, 3.8) is 0 Å². The lowest BCUT2D eigenvalue weighted by Crippen LogP contribution is -2.40. The minimum absolute atomic E-state index is 0.0745. The Labute approximate surface area is 141 Å². The first-order valence-corrected chi connectivity index (χ1v) is 7.84. The first-order chi connectivity index (χ1) is 11.5. The minimum Gasteiger partial charge on any atom is -0.493 e. The summed E-state index contributed by atoms with van der Waals surface area (Å²) in [5.41, 5.74) is 1.35. The maximum Gasteiger partial charge on any atom is 0.270 e. The molecule has 1 aromatic carbocycles. The van der Waals surface area contributed by atoms with Crippen LogP contribution < -0.4 is 9.47 Å². The van der Waals surface area contributed by atoms with Crippen LogP contribution in [0.25, 0.3) is 0 Å². The molecule has 0 saturated carbocycles. The van der Waals surface area contributed by atoms with Gasteiger partial charge in [0.25, 0.3) is 5.91 Å². The van der Waals surface area contributed by atoms with Gasteiger partial charge in [0.15, 0.2) is 11.5 Å². The Morgan fingerprint density at radius 2 is 1.96 bits per heavy atom. The number of hydrogen-bond acceptors (Lipinski definition) is 5.